The fourth-order valence-electron chi connectivity index (χ4n) is 1.19. The molecule has 1 heteroatoms. The quantitative estimate of drug-likeness (QED) is 0.651. The van der Waals surface area contributed by atoms with Gasteiger partial charge in [-0.1, -0.05) is 41.5 Å². The lowest BCUT2D eigenvalue weighted by atomic mass is 9.85. The van der Waals surface area contributed by atoms with E-state index >= 15 is 0 Å². The zero-order valence-corrected chi connectivity index (χ0v) is 10.0. The molecular weight excluding hydrogens is 160 g/mol. The number of hydrogen-bond donors (Lipinski definition) is 0. The Kier molecular flexibility index (Phi) is 4.15. The molecule has 0 spiro atoms. The molecule has 0 aromatic rings. The molecule has 0 aromatic heterocycles. The van der Waals surface area contributed by atoms with E-state index in [1.54, 1.807) is 0 Å². The molecule has 0 amide bonds. The van der Waals surface area contributed by atoms with Crippen LogP contribution in [0.15, 0.2) is 0 Å². The summed E-state index contributed by atoms with van der Waals surface area (Å²) in [6.07, 6.45) is 2.45. The van der Waals surface area contributed by atoms with Gasteiger partial charge in [-0.15, -0.1) is 0 Å². The van der Waals surface area contributed by atoms with E-state index in [4.69, 9.17) is 0 Å². The molecule has 1 nitrogen and oxygen atoms in total. The van der Waals surface area contributed by atoms with Crippen molar-refractivity contribution in [2.24, 2.45) is 10.8 Å². The monoisotopic (exact) mass is 184 g/mol. The second kappa shape index (κ2) is 4.26. The lowest BCUT2D eigenvalue weighted by Crippen LogP contribution is -2.15. The predicted molar refractivity (Wildman–Crippen MR) is 57.8 cm³/mol. The van der Waals surface area contributed by atoms with Crippen molar-refractivity contribution in [2.75, 3.05) is 0 Å². The summed E-state index contributed by atoms with van der Waals surface area (Å²) in [4.78, 5) is 11.5. The van der Waals surface area contributed by atoms with E-state index in [2.05, 4.69) is 41.5 Å². The maximum absolute atomic E-state index is 11.5. The van der Waals surface area contributed by atoms with E-state index in [9.17, 15) is 4.79 Å². The Morgan fingerprint density at radius 3 is 1.69 bits per heavy atom. The fourth-order valence-corrected chi connectivity index (χ4v) is 1.19. The average Bonchev–Trinajstić information content (AvgIpc) is 1.78. The van der Waals surface area contributed by atoms with Gasteiger partial charge in [-0.2, -0.15) is 0 Å². The van der Waals surface area contributed by atoms with E-state index in [0.717, 1.165) is 12.8 Å². The minimum atomic E-state index is 0.148. The van der Waals surface area contributed by atoms with Gasteiger partial charge in [-0.3, -0.25) is 4.79 Å². The first-order valence-electron chi connectivity index (χ1n) is 5.12. The summed E-state index contributed by atoms with van der Waals surface area (Å²) in [5, 5.41) is 0. The van der Waals surface area contributed by atoms with Gasteiger partial charge >= 0.3 is 0 Å². The van der Waals surface area contributed by atoms with Crippen molar-refractivity contribution in [3.05, 3.63) is 0 Å². The maximum atomic E-state index is 11.5. The molecule has 0 radical (unpaired) electrons. The van der Waals surface area contributed by atoms with Crippen LogP contribution in [0.2, 0.25) is 0 Å². The molecule has 0 saturated carbocycles. The summed E-state index contributed by atoms with van der Waals surface area (Å²) in [5.41, 5.74) is 0.433. The SMILES string of the molecule is CC(C)(C)CCC(=O)CC(C)(C)C. The lowest BCUT2D eigenvalue weighted by Gasteiger charge is -2.20. The highest BCUT2D eigenvalue weighted by molar-refractivity contribution is 5.78. The first kappa shape index (κ1) is 12.7. The van der Waals surface area contributed by atoms with Crippen LogP contribution in [-0.4, -0.2) is 5.78 Å². The Bertz CT molecular complexity index is 167. The zero-order valence-electron chi connectivity index (χ0n) is 10.0. The van der Waals surface area contributed by atoms with E-state index in [-0.39, 0.29) is 10.8 Å². The fraction of sp³-hybridized carbons (Fsp3) is 0.917. The third kappa shape index (κ3) is 9.59. The highest BCUT2D eigenvalue weighted by Crippen LogP contribution is 2.24. The number of carbonyl (C=O) groups is 1. The highest BCUT2D eigenvalue weighted by Gasteiger charge is 2.18. The second-order valence-electron chi connectivity index (χ2n) is 6.34. The summed E-state index contributed by atoms with van der Waals surface area (Å²) in [5.74, 6) is 0.405. The van der Waals surface area contributed by atoms with Gasteiger partial charge in [0.25, 0.3) is 0 Å². The van der Waals surface area contributed by atoms with Gasteiger partial charge in [0.2, 0.25) is 0 Å². The Hall–Kier alpha value is -0.330. The third-order valence-corrected chi connectivity index (χ3v) is 1.88. The van der Waals surface area contributed by atoms with Crippen LogP contribution in [0, 0.1) is 10.8 Å². The van der Waals surface area contributed by atoms with E-state index in [1.807, 2.05) is 0 Å². The summed E-state index contributed by atoms with van der Waals surface area (Å²) >= 11 is 0. The van der Waals surface area contributed by atoms with Gasteiger partial charge in [0, 0.05) is 12.8 Å². The number of hydrogen-bond acceptors (Lipinski definition) is 1. The van der Waals surface area contributed by atoms with Crippen LogP contribution in [-0.2, 0) is 4.79 Å². The normalized spacial score (nSPS) is 13.1. The van der Waals surface area contributed by atoms with Crippen molar-refractivity contribution in [3.8, 4) is 0 Å². The van der Waals surface area contributed by atoms with Crippen LogP contribution in [0.4, 0.5) is 0 Å². The number of rotatable bonds is 3. The molecule has 0 aliphatic rings. The molecule has 0 aliphatic carbocycles. The second-order valence-corrected chi connectivity index (χ2v) is 6.34. The lowest BCUT2D eigenvalue weighted by molar-refractivity contribution is -0.121. The molecule has 13 heavy (non-hydrogen) atoms. The van der Waals surface area contributed by atoms with Gasteiger partial charge < -0.3 is 0 Å². The molecule has 0 atom stereocenters. The molecule has 0 heterocycles. The molecule has 0 N–H and O–H groups in total. The number of carbonyl (C=O) groups excluding carboxylic acids is 1. The minimum Gasteiger partial charge on any atom is -0.300 e. The van der Waals surface area contributed by atoms with Crippen LogP contribution in [0.5, 0.6) is 0 Å². The van der Waals surface area contributed by atoms with Crippen LogP contribution in [0.3, 0.4) is 0 Å². The summed E-state index contributed by atoms with van der Waals surface area (Å²) in [6.45, 7) is 12.9. The Balaban J connectivity index is 3.78. The maximum Gasteiger partial charge on any atom is 0.133 e. The standard InChI is InChI=1S/C12H24O/c1-11(2,3)8-7-10(13)9-12(4,5)6/h7-9H2,1-6H3. The van der Waals surface area contributed by atoms with Crippen LogP contribution < -0.4 is 0 Å². The van der Waals surface area contributed by atoms with E-state index < -0.39 is 0 Å². The van der Waals surface area contributed by atoms with E-state index in [1.165, 1.54) is 0 Å². The number of Topliss-reactive ketones (excluding diaryl/α,β-unsaturated/α-hetero) is 1. The first-order valence-corrected chi connectivity index (χ1v) is 5.12. The van der Waals surface area contributed by atoms with Crippen LogP contribution in [0.25, 0.3) is 0 Å². The predicted octanol–water partition coefficient (Wildman–Crippen LogP) is 3.82. The van der Waals surface area contributed by atoms with E-state index in [0.29, 0.717) is 12.2 Å². The molecule has 0 rings (SSSR count). The molecular formula is C12H24O. The van der Waals surface area contributed by atoms with Gasteiger partial charge in [-0.25, -0.2) is 0 Å². The Morgan fingerprint density at radius 2 is 1.38 bits per heavy atom. The molecule has 0 bridgehead atoms. The van der Waals surface area contributed by atoms with Crippen molar-refractivity contribution in [1.29, 1.82) is 0 Å². The summed E-state index contributed by atoms with van der Waals surface area (Å²) in [6, 6.07) is 0. The molecule has 0 aliphatic heterocycles. The van der Waals surface area contributed by atoms with Gasteiger partial charge in [0.05, 0.1) is 0 Å². The van der Waals surface area contributed by atoms with Gasteiger partial charge in [0.15, 0.2) is 0 Å². The van der Waals surface area contributed by atoms with Crippen molar-refractivity contribution < 1.29 is 4.79 Å². The Morgan fingerprint density at radius 1 is 0.923 bits per heavy atom. The molecule has 78 valence electrons. The molecule has 0 unspecified atom stereocenters. The minimum absolute atomic E-state index is 0.148. The van der Waals surface area contributed by atoms with Gasteiger partial charge in [-0.05, 0) is 17.3 Å². The Labute approximate surface area is 82.9 Å². The largest absolute Gasteiger partial charge is 0.300 e. The smallest absolute Gasteiger partial charge is 0.133 e. The third-order valence-electron chi connectivity index (χ3n) is 1.88. The average molecular weight is 184 g/mol. The topological polar surface area (TPSA) is 17.1 Å². The molecule has 0 fully saturated rings. The summed E-state index contributed by atoms with van der Waals surface area (Å²) < 4.78 is 0. The first-order chi connectivity index (χ1) is 5.60. The van der Waals surface area contributed by atoms with Crippen molar-refractivity contribution in [3.63, 3.8) is 0 Å². The molecule has 0 aromatic carbocycles. The highest BCUT2D eigenvalue weighted by atomic mass is 16.1. The number of ketones is 1. The van der Waals surface area contributed by atoms with Gasteiger partial charge in [0.1, 0.15) is 5.78 Å². The zero-order chi connectivity index (χ0) is 10.7. The van der Waals surface area contributed by atoms with Crippen molar-refractivity contribution in [2.45, 2.75) is 60.8 Å². The van der Waals surface area contributed by atoms with Crippen LogP contribution >= 0.6 is 0 Å². The van der Waals surface area contributed by atoms with Crippen LogP contribution in [0.1, 0.15) is 60.8 Å². The summed E-state index contributed by atoms with van der Waals surface area (Å²) in [7, 11) is 0. The van der Waals surface area contributed by atoms with Crippen molar-refractivity contribution >= 4 is 5.78 Å². The van der Waals surface area contributed by atoms with Crippen molar-refractivity contribution in [1.82, 2.24) is 0 Å². The molecule has 0 saturated heterocycles.